The number of pyridine rings is 1. The molecule has 0 unspecified atom stereocenters. The number of carbonyl (C=O) groups is 1. The van der Waals surface area contributed by atoms with E-state index in [0.717, 1.165) is 13.0 Å². The van der Waals surface area contributed by atoms with E-state index in [1.54, 1.807) is 23.2 Å². The highest BCUT2D eigenvalue weighted by Crippen LogP contribution is 2.21. The molecule has 0 bridgehead atoms. The van der Waals surface area contributed by atoms with Crippen molar-refractivity contribution in [3.8, 4) is 6.07 Å². The fraction of sp³-hybridized carbons (Fsp3) is 0.421. The molecule has 3 rings (SSSR count). The Bertz CT molecular complexity index is 879. The Morgan fingerprint density at radius 3 is 2.81 bits per heavy atom. The lowest BCUT2D eigenvalue weighted by molar-refractivity contribution is 0.0760. The van der Waals surface area contributed by atoms with E-state index in [1.807, 2.05) is 18.7 Å². The summed E-state index contributed by atoms with van der Waals surface area (Å²) in [6, 6.07) is 5.68. The third-order valence-electron chi connectivity index (χ3n) is 4.47. The third-order valence-corrected chi connectivity index (χ3v) is 4.75. The van der Waals surface area contributed by atoms with Crippen LogP contribution >= 0.6 is 11.6 Å². The van der Waals surface area contributed by atoms with Crippen LogP contribution in [0.4, 0.5) is 5.82 Å². The largest absolute Gasteiger partial charge is 0.354 e. The Labute approximate surface area is 163 Å². The summed E-state index contributed by atoms with van der Waals surface area (Å²) < 4.78 is 0. The molecule has 3 heterocycles. The van der Waals surface area contributed by atoms with Crippen molar-refractivity contribution in [3.63, 3.8) is 0 Å². The second kappa shape index (κ2) is 8.31. The molecule has 7 nitrogen and oxygen atoms in total. The number of carbonyl (C=O) groups excluding carboxylic acids is 1. The molecule has 0 aromatic carbocycles. The van der Waals surface area contributed by atoms with E-state index in [-0.39, 0.29) is 22.5 Å². The fourth-order valence-corrected chi connectivity index (χ4v) is 3.20. The maximum atomic E-state index is 13.0. The smallest absolute Gasteiger partial charge is 0.274 e. The van der Waals surface area contributed by atoms with Crippen molar-refractivity contribution >= 4 is 23.3 Å². The molecule has 1 aliphatic rings. The van der Waals surface area contributed by atoms with E-state index in [4.69, 9.17) is 11.6 Å². The van der Waals surface area contributed by atoms with Crippen LogP contribution in [0, 0.1) is 11.3 Å². The normalized spacial score (nSPS) is 14.8. The van der Waals surface area contributed by atoms with E-state index in [1.165, 1.54) is 6.20 Å². The third kappa shape index (κ3) is 4.17. The van der Waals surface area contributed by atoms with Gasteiger partial charge in [0.1, 0.15) is 17.7 Å². The van der Waals surface area contributed by atoms with Crippen LogP contribution in [0.5, 0.6) is 0 Å². The highest BCUT2D eigenvalue weighted by atomic mass is 35.5. The Hall–Kier alpha value is -2.72. The van der Waals surface area contributed by atoms with Crippen LogP contribution < -0.4 is 4.90 Å². The number of rotatable bonds is 3. The molecule has 0 radical (unpaired) electrons. The van der Waals surface area contributed by atoms with Crippen molar-refractivity contribution in [2.75, 3.05) is 31.1 Å². The van der Waals surface area contributed by atoms with E-state index in [2.05, 4.69) is 21.0 Å². The summed E-state index contributed by atoms with van der Waals surface area (Å²) in [7, 11) is 0. The number of amides is 1. The second-order valence-corrected chi connectivity index (χ2v) is 7.11. The molecular formula is C19H21ClN6O. The predicted molar refractivity (Wildman–Crippen MR) is 103 cm³/mol. The molecule has 1 aliphatic heterocycles. The standard InChI is InChI=1S/C19H21ClN6O/c1-13(2)17-23-12-15(20)16(24-17)19(27)26-8-4-7-25(9-10-26)18-14(11-21)5-3-6-22-18/h3,5-6,12-13H,4,7-10H2,1-2H3. The minimum Gasteiger partial charge on any atom is -0.354 e. The molecule has 0 atom stereocenters. The predicted octanol–water partition coefficient (Wildman–Crippen LogP) is 2.87. The number of nitrogens with zero attached hydrogens (tertiary/aromatic N) is 6. The van der Waals surface area contributed by atoms with Crippen LogP contribution in [0.3, 0.4) is 0 Å². The van der Waals surface area contributed by atoms with Gasteiger partial charge in [-0.25, -0.2) is 15.0 Å². The van der Waals surface area contributed by atoms with Crippen molar-refractivity contribution in [2.24, 2.45) is 0 Å². The van der Waals surface area contributed by atoms with Gasteiger partial charge in [-0.3, -0.25) is 4.79 Å². The van der Waals surface area contributed by atoms with Crippen molar-refractivity contribution in [2.45, 2.75) is 26.2 Å². The van der Waals surface area contributed by atoms with E-state index in [0.29, 0.717) is 36.8 Å². The minimum absolute atomic E-state index is 0.113. The Balaban J connectivity index is 1.78. The Morgan fingerprint density at radius 2 is 2.07 bits per heavy atom. The summed E-state index contributed by atoms with van der Waals surface area (Å²) >= 11 is 6.19. The summed E-state index contributed by atoms with van der Waals surface area (Å²) in [5, 5.41) is 9.57. The lowest BCUT2D eigenvalue weighted by Gasteiger charge is -2.23. The van der Waals surface area contributed by atoms with Gasteiger partial charge in [0.25, 0.3) is 5.91 Å². The summed E-state index contributed by atoms with van der Waals surface area (Å²) in [5.41, 5.74) is 0.789. The molecule has 0 aliphatic carbocycles. The molecule has 2 aromatic heterocycles. The Kier molecular flexibility index (Phi) is 5.87. The summed E-state index contributed by atoms with van der Waals surface area (Å²) in [5.74, 6) is 1.19. The SMILES string of the molecule is CC(C)c1ncc(Cl)c(C(=O)N2CCCN(c3ncccc3C#N)CC2)n1. The van der Waals surface area contributed by atoms with Crippen LogP contribution in [-0.4, -0.2) is 51.9 Å². The van der Waals surface area contributed by atoms with Gasteiger partial charge in [-0.2, -0.15) is 5.26 Å². The van der Waals surface area contributed by atoms with E-state index < -0.39 is 0 Å². The molecule has 0 saturated carbocycles. The zero-order valence-electron chi connectivity index (χ0n) is 15.4. The zero-order valence-corrected chi connectivity index (χ0v) is 16.1. The molecule has 0 N–H and O–H groups in total. The molecular weight excluding hydrogens is 364 g/mol. The van der Waals surface area contributed by atoms with Gasteiger partial charge in [0.05, 0.1) is 16.8 Å². The number of anilines is 1. The lowest BCUT2D eigenvalue weighted by Crippen LogP contribution is -2.36. The van der Waals surface area contributed by atoms with Crippen molar-refractivity contribution in [3.05, 3.63) is 46.6 Å². The number of hydrogen-bond acceptors (Lipinski definition) is 6. The van der Waals surface area contributed by atoms with Gasteiger partial charge in [-0.1, -0.05) is 25.4 Å². The topological polar surface area (TPSA) is 86.0 Å². The second-order valence-electron chi connectivity index (χ2n) is 6.70. The first-order valence-corrected chi connectivity index (χ1v) is 9.31. The minimum atomic E-state index is -0.187. The maximum Gasteiger partial charge on any atom is 0.274 e. The number of halogens is 1. The van der Waals surface area contributed by atoms with Gasteiger partial charge in [-0.15, -0.1) is 0 Å². The molecule has 2 aromatic rings. The molecule has 1 fully saturated rings. The molecule has 1 saturated heterocycles. The number of nitriles is 1. The number of aromatic nitrogens is 3. The average Bonchev–Trinajstić information content (AvgIpc) is 2.93. The first-order valence-electron chi connectivity index (χ1n) is 8.93. The van der Waals surface area contributed by atoms with Crippen molar-refractivity contribution in [1.29, 1.82) is 5.26 Å². The van der Waals surface area contributed by atoms with Crippen LogP contribution in [0.15, 0.2) is 24.5 Å². The molecule has 140 valence electrons. The highest BCUT2D eigenvalue weighted by Gasteiger charge is 2.25. The monoisotopic (exact) mass is 384 g/mol. The van der Waals surface area contributed by atoms with Crippen molar-refractivity contribution in [1.82, 2.24) is 19.9 Å². The van der Waals surface area contributed by atoms with Crippen LogP contribution in [0.25, 0.3) is 0 Å². The van der Waals surface area contributed by atoms with Gasteiger partial charge < -0.3 is 9.80 Å². The summed E-state index contributed by atoms with van der Waals surface area (Å²) in [4.78, 5) is 29.7. The molecule has 0 spiro atoms. The van der Waals surface area contributed by atoms with Crippen LogP contribution in [0.2, 0.25) is 5.02 Å². The van der Waals surface area contributed by atoms with Gasteiger partial charge >= 0.3 is 0 Å². The summed E-state index contributed by atoms with van der Waals surface area (Å²) in [6.45, 7) is 6.38. The lowest BCUT2D eigenvalue weighted by atomic mass is 10.2. The van der Waals surface area contributed by atoms with Gasteiger partial charge in [-0.05, 0) is 18.6 Å². The first kappa shape index (κ1) is 19.1. The maximum absolute atomic E-state index is 13.0. The Morgan fingerprint density at radius 1 is 1.26 bits per heavy atom. The first-order chi connectivity index (χ1) is 13.0. The molecule has 1 amide bonds. The highest BCUT2D eigenvalue weighted by molar-refractivity contribution is 6.33. The van der Waals surface area contributed by atoms with Gasteiger partial charge in [0.15, 0.2) is 5.69 Å². The van der Waals surface area contributed by atoms with E-state index in [9.17, 15) is 10.1 Å². The van der Waals surface area contributed by atoms with Crippen molar-refractivity contribution < 1.29 is 4.79 Å². The summed E-state index contributed by atoms with van der Waals surface area (Å²) in [6.07, 6.45) is 3.94. The van der Waals surface area contributed by atoms with Gasteiger partial charge in [0.2, 0.25) is 0 Å². The fourth-order valence-electron chi connectivity index (χ4n) is 3.03. The molecule has 27 heavy (non-hydrogen) atoms. The van der Waals surface area contributed by atoms with Crippen LogP contribution in [-0.2, 0) is 0 Å². The van der Waals surface area contributed by atoms with Gasteiger partial charge in [0, 0.05) is 38.3 Å². The number of hydrogen-bond donors (Lipinski definition) is 0. The quantitative estimate of drug-likeness (QED) is 0.808. The zero-order chi connectivity index (χ0) is 19.4. The average molecular weight is 385 g/mol. The molecule has 8 heteroatoms. The van der Waals surface area contributed by atoms with E-state index >= 15 is 0 Å². The van der Waals surface area contributed by atoms with Crippen LogP contribution in [0.1, 0.15) is 48.1 Å².